The highest BCUT2D eigenvalue weighted by Gasteiger charge is 2.46. The number of hydrogen-bond donors (Lipinski definition) is 1. The van der Waals surface area contributed by atoms with Crippen LogP contribution in [0.15, 0.2) is 53.4 Å². The highest BCUT2D eigenvalue weighted by atomic mass is 32.2. The molecule has 6 nitrogen and oxygen atoms in total. The number of halogens is 3. The van der Waals surface area contributed by atoms with Crippen molar-refractivity contribution in [3.8, 4) is 0 Å². The number of alkyl halides is 3. The summed E-state index contributed by atoms with van der Waals surface area (Å²) in [5, 5.41) is 2.72. The number of benzene rings is 2. The minimum absolute atomic E-state index is 0.114. The maximum Gasteiger partial charge on any atom is 0.501 e. The maximum atomic E-state index is 12.6. The van der Waals surface area contributed by atoms with Gasteiger partial charge in [0.15, 0.2) is 0 Å². The average molecular weight is 484 g/mol. The van der Waals surface area contributed by atoms with Gasteiger partial charge in [-0.05, 0) is 68.3 Å². The SMILES string of the molecule is Cc1cccc(N2CCN(CCCCNC(=O)c3ccc(S(=O)(=O)C(F)(F)F)cc3)CC2)c1. The Labute approximate surface area is 192 Å². The summed E-state index contributed by atoms with van der Waals surface area (Å²) in [7, 11) is -5.41. The van der Waals surface area contributed by atoms with Gasteiger partial charge in [0.25, 0.3) is 15.7 Å². The molecule has 1 amide bonds. The topological polar surface area (TPSA) is 69.7 Å². The summed E-state index contributed by atoms with van der Waals surface area (Å²) in [6.45, 7) is 7.36. The van der Waals surface area contributed by atoms with E-state index >= 15 is 0 Å². The molecular formula is C23H28F3N3O3S. The van der Waals surface area contributed by atoms with Crippen LogP contribution in [0.5, 0.6) is 0 Å². The first-order chi connectivity index (χ1) is 15.6. The molecule has 0 saturated carbocycles. The van der Waals surface area contributed by atoms with Gasteiger partial charge in [0.2, 0.25) is 0 Å². The standard InChI is InChI=1S/C23H28F3N3O3S/c1-18-5-4-6-20(17-18)29-15-13-28(14-16-29)12-3-2-11-27-22(30)19-7-9-21(10-8-19)33(31,32)23(24,25)26/h4-10,17H,2-3,11-16H2,1H3,(H,27,30). The molecule has 10 heteroatoms. The summed E-state index contributed by atoms with van der Waals surface area (Å²) >= 11 is 0. The molecule has 1 aliphatic rings. The van der Waals surface area contributed by atoms with Gasteiger partial charge in [0.05, 0.1) is 4.90 Å². The maximum absolute atomic E-state index is 12.6. The van der Waals surface area contributed by atoms with E-state index in [9.17, 15) is 26.4 Å². The first kappa shape index (κ1) is 25.0. The lowest BCUT2D eigenvalue weighted by molar-refractivity contribution is -0.0436. The molecule has 0 aliphatic carbocycles. The molecule has 2 aromatic carbocycles. The molecular weight excluding hydrogens is 455 g/mol. The van der Waals surface area contributed by atoms with E-state index in [0.717, 1.165) is 69.8 Å². The van der Waals surface area contributed by atoms with Crippen molar-refractivity contribution in [2.45, 2.75) is 30.2 Å². The van der Waals surface area contributed by atoms with Crippen molar-refractivity contribution >= 4 is 21.4 Å². The normalized spacial score (nSPS) is 15.5. The number of rotatable bonds is 8. The number of hydrogen-bond acceptors (Lipinski definition) is 5. The van der Waals surface area contributed by atoms with Crippen LogP contribution >= 0.6 is 0 Å². The molecule has 1 saturated heterocycles. The Balaban J connectivity index is 1.36. The van der Waals surface area contributed by atoms with Crippen LogP contribution in [0.3, 0.4) is 0 Å². The fourth-order valence-corrected chi connectivity index (χ4v) is 4.50. The van der Waals surface area contributed by atoms with Gasteiger partial charge in [-0.15, -0.1) is 0 Å². The van der Waals surface area contributed by atoms with Gasteiger partial charge in [0, 0.05) is 44.0 Å². The summed E-state index contributed by atoms with van der Waals surface area (Å²) in [4.78, 5) is 16.1. The van der Waals surface area contributed by atoms with Gasteiger partial charge < -0.3 is 10.2 Å². The van der Waals surface area contributed by atoms with Crippen molar-refractivity contribution < 1.29 is 26.4 Å². The van der Waals surface area contributed by atoms with Crippen molar-refractivity contribution in [1.82, 2.24) is 10.2 Å². The predicted molar refractivity (Wildman–Crippen MR) is 121 cm³/mol. The second kappa shape index (κ2) is 10.6. The van der Waals surface area contributed by atoms with Gasteiger partial charge >= 0.3 is 5.51 Å². The third-order valence-electron chi connectivity index (χ3n) is 5.66. The van der Waals surface area contributed by atoms with E-state index in [1.165, 1.54) is 11.3 Å². The van der Waals surface area contributed by atoms with Gasteiger partial charge in [-0.2, -0.15) is 13.2 Å². The van der Waals surface area contributed by atoms with Gasteiger partial charge in [-0.1, -0.05) is 12.1 Å². The number of nitrogens with one attached hydrogen (secondary N) is 1. The Morgan fingerprint density at radius 1 is 1.00 bits per heavy atom. The zero-order chi connectivity index (χ0) is 24.1. The van der Waals surface area contributed by atoms with E-state index in [0.29, 0.717) is 6.54 Å². The molecule has 2 aromatic rings. The first-order valence-electron chi connectivity index (χ1n) is 10.8. The van der Waals surface area contributed by atoms with Crippen molar-refractivity contribution in [2.75, 3.05) is 44.2 Å². The third-order valence-corrected chi connectivity index (χ3v) is 7.16. The van der Waals surface area contributed by atoms with Crippen molar-refractivity contribution in [3.63, 3.8) is 0 Å². The molecule has 0 unspecified atom stereocenters. The zero-order valence-electron chi connectivity index (χ0n) is 18.4. The Bertz CT molecular complexity index is 1050. The summed E-state index contributed by atoms with van der Waals surface area (Å²) in [6.07, 6.45) is 1.68. The smallest absolute Gasteiger partial charge is 0.369 e. The van der Waals surface area contributed by atoms with E-state index in [2.05, 4.69) is 46.3 Å². The molecule has 1 fully saturated rings. The Hall–Kier alpha value is -2.59. The van der Waals surface area contributed by atoms with Crippen LogP contribution in [-0.2, 0) is 9.84 Å². The lowest BCUT2D eigenvalue weighted by atomic mass is 10.2. The summed E-state index contributed by atoms with van der Waals surface area (Å²) in [5.41, 5.74) is -2.76. The molecule has 0 atom stereocenters. The fourth-order valence-electron chi connectivity index (χ4n) is 3.74. The van der Waals surface area contributed by atoms with E-state index in [1.807, 2.05) is 0 Å². The van der Waals surface area contributed by atoms with Crippen LogP contribution in [-0.4, -0.2) is 64.0 Å². The highest BCUT2D eigenvalue weighted by molar-refractivity contribution is 7.92. The molecule has 0 aromatic heterocycles. The molecule has 0 radical (unpaired) electrons. The molecule has 0 spiro atoms. The Morgan fingerprint density at radius 3 is 2.27 bits per heavy atom. The predicted octanol–water partition coefficient (Wildman–Crippen LogP) is 3.62. The number of amides is 1. The highest BCUT2D eigenvalue weighted by Crippen LogP contribution is 2.30. The van der Waals surface area contributed by atoms with Crippen molar-refractivity contribution in [1.29, 1.82) is 0 Å². The number of sulfone groups is 1. The first-order valence-corrected chi connectivity index (χ1v) is 12.3. The molecule has 1 N–H and O–H groups in total. The molecule has 0 bridgehead atoms. The number of aryl methyl sites for hydroxylation is 1. The van der Waals surface area contributed by atoms with Crippen molar-refractivity contribution in [3.05, 3.63) is 59.7 Å². The molecule has 180 valence electrons. The fraction of sp³-hybridized carbons (Fsp3) is 0.435. The summed E-state index contributed by atoms with van der Waals surface area (Å²) in [5.74, 6) is -0.447. The van der Waals surface area contributed by atoms with Crippen molar-refractivity contribution in [2.24, 2.45) is 0 Å². The monoisotopic (exact) mass is 483 g/mol. The third kappa shape index (κ3) is 6.48. The zero-order valence-corrected chi connectivity index (χ0v) is 19.3. The quantitative estimate of drug-likeness (QED) is 0.581. The number of unbranched alkanes of at least 4 members (excludes halogenated alkanes) is 1. The molecule has 1 heterocycles. The second-order valence-corrected chi connectivity index (χ2v) is 10.0. The van der Waals surface area contributed by atoms with Crippen LogP contribution in [0.4, 0.5) is 18.9 Å². The minimum atomic E-state index is -5.41. The largest absolute Gasteiger partial charge is 0.501 e. The van der Waals surface area contributed by atoms with Crippen LogP contribution in [0.25, 0.3) is 0 Å². The van der Waals surface area contributed by atoms with E-state index in [-0.39, 0.29) is 5.56 Å². The molecule has 3 rings (SSSR count). The number of anilines is 1. The van der Waals surface area contributed by atoms with Gasteiger partial charge in [0.1, 0.15) is 0 Å². The Morgan fingerprint density at radius 2 is 1.67 bits per heavy atom. The lowest BCUT2D eigenvalue weighted by Crippen LogP contribution is -2.46. The van der Waals surface area contributed by atoms with Gasteiger partial charge in [-0.3, -0.25) is 9.69 Å². The second-order valence-electron chi connectivity index (χ2n) is 8.10. The molecule has 1 aliphatic heterocycles. The van der Waals surface area contributed by atoms with Crippen LogP contribution in [0.2, 0.25) is 0 Å². The lowest BCUT2D eigenvalue weighted by Gasteiger charge is -2.36. The van der Waals surface area contributed by atoms with E-state index in [4.69, 9.17) is 0 Å². The van der Waals surface area contributed by atoms with Gasteiger partial charge in [-0.25, -0.2) is 8.42 Å². The van der Waals surface area contributed by atoms with Crippen LogP contribution < -0.4 is 10.2 Å². The average Bonchev–Trinajstić information content (AvgIpc) is 2.78. The van der Waals surface area contributed by atoms with Crippen LogP contribution in [0, 0.1) is 6.92 Å². The minimum Gasteiger partial charge on any atom is -0.369 e. The Kier molecular flexibility index (Phi) is 8.01. The number of nitrogens with zero attached hydrogens (tertiary/aromatic N) is 2. The summed E-state index contributed by atoms with van der Waals surface area (Å²) in [6, 6.07) is 12.3. The summed E-state index contributed by atoms with van der Waals surface area (Å²) < 4.78 is 60.5. The van der Waals surface area contributed by atoms with E-state index in [1.54, 1.807) is 0 Å². The number of carbonyl (C=O) groups is 1. The molecule has 33 heavy (non-hydrogen) atoms. The van der Waals surface area contributed by atoms with Crippen LogP contribution in [0.1, 0.15) is 28.8 Å². The number of carbonyl (C=O) groups excluding carboxylic acids is 1. The van der Waals surface area contributed by atoms with E-state index < -0.39 is 26.1 Å². The number of piperazine rings is 1.